The van der Waals surface area contributed by atoms with Gasteiger partial charge in [0.15, 0.2) is 5.96 Å². The molecular formula is C20H34N4O2S. The summed E-state index contributed by atoms with van der Waals surface area (Å²) in [5.41, 5.74) is 1.88. The van der Waals surface area contributed by atoms with E-state index in [9.17, 15) is 8.42 Å². The number of hydrogen-bond donors (Lipinski definition) is 2. The number of nitrogens with zero attached hydrogens (tertiary/aromatic N) is 2. The lowest BCUT2D eigenvalue weighted by molar-refractivity contribution is 0.250. The van der Waals surface area contributed by atoms with Crippen LogP contribution in [0.25, 0.3) is 0 Å². The van der Waals surface area contributed by atoms with Crippen LogP contribution in [0.3, 0.4) is 0 Å². The SMILES string of the molecule is CN=C(NCc1ccc(CS(=O)(=O)NC)cc1)N(C)CC1CCC(C)CC1. The highest BCUT2D eigenvalue weighted by Gasteiger charge is 2.20. The van der Waals surface area contributed by atoms with E-state index in [1.807, 2.05) is 31.3 Å². The number of sulfonamides is 1. The molecule has 7 heteroatoms. The zero-order chi connectivity index (χ0) is 19.9. The number of aliphatic imine (C=N–C) groups is 1. The summed E-state index contributed by atoms with van der Waals surface area (Å²) in [6.45, 7) is 4.05. The molecule has 0 spiro atoms. The summed E-state index contributed by atoms with van der Waals surface area (Å²) >= 11 is 0. The molecule has 1 aromatic carbocycles. The van der Waals surface area contributed by atoms with Crippen molar-refractivity contribution in [1.29, 1.82) is 0 Å². The molecule has 0 heterocycles. The molecule has 1 aromatic rings. The second kappa shape index (κ2) is 10.1. The van der Waals surface area contributed by atoms with Crippen LogP contribution in [0.2, 0.25) is 0 Å². The highest BCUT2D eigenvalue weighted by Crippen LogP contribution is 2.28. The second-order valence-corrected chi connectivity index (χ2v) is 9.61. The molecule has 1 aliphatic rings. The Bertz CT molecular complexity index is 708. The van der Waals surface area contributed by atoms with Gasteiger partial charge in [-0.1, -0.05) is 44.0 Å². The smallest absolute Gasteiger partial charge is 0.215 e. The molecule has 27 heavy (non-hydrogen) atoms. The van der Waals surface area contributed by atoms with Crippen molar-refractivity contribution in [2.45, 2.75) is 44.9 Å². The van der Waals surface area contributed by atoms with Gasteiger partial charge < -0.3 is 10.2 Å². The number of guanidine groups is 1. The fourth-order valence-corrected chi connectivity index (χ4v) is 4.37. The van der Waals surface area contributed by atoms with Crippen LogP contribution in [0.5, 0.6) is 0 Å². The average Bonchev–Trinajstić information content (AvgIpc) is 2.65. The minimum atomic E-state index is -3.24. The van der Waals surface area contributed by atoms with Crippen LogP contribution in [-0.2, 0) is 22.3 Å². The van der Waals surface area contributed by atoms with Gasteiger partial charge in [0.2, 0.25) is 10.0 Å². The lowest BCUT2D eigenvalue weighted by Crippen LogP contribution is -2.41. The van der Waals surface area contributed by atoms with Gasteiger partial charge in [-0.15, -0.1) is 0 Å². The summed E-state index contributed by atoms with van der Waals surface area (Å²) in [6.07, 6.45) is 5.28. The van der Waals surface area contributed by atoms with Gasteiger partial charge in [-0.05, 0) is 42.9 Å². The zero-order valence-corrected chi connectivity index (χ0v) is 17.8. The van der Waals surface area contributed by atoms with Gasteiger partial charge in [-0.25, -0.2) is 13.1 Å². The molecule has 2 N–H and O–H groups in total. The van der Waals surface area contributed by atoms with Gasteiger partial charge in [0.1, 0.15) is 0 Å². The Hall–Kier alpha value is -1.60. The third-order valence-corrected chi connectivity index (χ3v) is 6.72. The van der Waals surface area contributed by atoms with Crippen LogP contribution in [0.4, 0.5) is 0 Å². The van der Waals surface area contributed by atoms with Crippen LogP contribution in [-0.4, -0.2) is 47.0 Å². The largest absolute Gasteiger partial charge is 0.352 e. The molecular weight excluding hydrogens is 360 g/mol. The number of nitrogens with one attached hydrogen (secondary N) is 2. The van der Waals surface area contributed by atoms with Crippen molar-refractivity contribution in [2.24, 2.45) is 16.8 Å². The Labute approximate surface area is 164 Å². The third-order valence-electron chi connectivity index (χ3n) is 5.38. The molecule has 6 nitrogen and oxygen atoms in total. The molecule has 0 aromatic heterocycles. The normalized spacial score (nSPS) is 21.1. The molecule has 1 aliphatic carbocycles. The van der Waals surface area contributed by atoms with Crippen LogP contribution >= 0.6 is 0 Å². The molecule has 0 radical (unpaired) electrons. The summed E-state index contributed by atoms with van der Waals surface area (Å²) < 4.78 is 25.6. The van der Waals surface area contributed by atoms with E-state index in [0.717, 1.165) is 35.5 Å². The van der Waals surface area contributed by atoms with E-state index in [0.29, 0.717) is 6.54 Å². The van der Waals surface area contributed by atoms with Gasteiger partial charge in [-0.3, -0.25) is 4.99 Å². The minimum Gasteiger partial charge on any atom is -0.352 e. The van der Waals surface area contributed by atoms with E-state index in [2.05, 4.69) is 33.9 Å². The van der Waals surface area contributed by atoms with Crippen LogP contribution in [0, 0.1) is 11.8 Å². The van der Waals surface area contributed by atoms with Crippen molar-refractivity contribution < 1.29 is 8.42 Å². The first kappa shape index (κ1) is 21.7. The molecule has 1 saturated carbocycles. The number of rotatable bonds is 7. The van der Waals surface area contributed by atoms with E-state index < -0.39 is 10.0 Å². The van der Waals surface area contributed by atoms with Gasteiger partial charge in [0, 0.05) is 27.2 Å². The second-order valence-electron chi connectivity index (χ2n) is 7.69. The van der Waals surface area contributed by atoms with Crippen molar-refractivity contribution in [2.75, 3.05) is 27.7 Å². The number of benzene rings is 1. The lowest BCUT2D eigenvalue weighted by atomic mass is 9.83. The Kier molecular flexibility index (Phi) is 8.10. The fraction of sp³-hybridized carbons (Fsp3) is 0.650. The molecule has 2 rings (SSSR count). The zero-order valence-electron chi connectivity index (χ0n) is 17.0. The monoisotopic (exact) mass is 394 g/mol. The van der Waals surface area contributed by atoms with Gasteiger partial charge in [-0.2, -0.15) is 0 Å². The van der Waals surface area contributed by atoms with Crippen LogP contribution < -0.4 is 10.0 Å². The van der Waals surface area contributed by atoms with E-state index in [1.54, 1.807) is 0 Å². The molecule has 1 fully saturated rings. The van der Waals surface area contributed by atoms with Crippen molar-refractivity contribution in [3.8, 4) is 0 Å². The molecule has 152 valence electrons. The Morgan fingerprint density at radius 2 is 1.74 bits per heavy atom. The summed E-state index contributed by atoms with van der Waals surface area (Å²) in [7, 11) is 2.11. The van der Waals surface area contributed by atoms with E-state index in [1.165, 1.54) is 32.7 Å². The molecule has 0 unspecified atom stereocenters. The quantitative estimate of drug-likeness (QED) is 0.551. The van der Waals surface area contributed by atoms with Crippen molar-refractivity contribution in [3.63, 3.8) is 0 Å². The van der Waals surface area contributed by atoms with Crippen molar-refractivity contribution in [1.82, 2.24) is 14.9 Å². The summed E-state index contributed by atoms with van der Waals surface area (Å²) in [6, 6.07) is 7.65. The molecule has 0 bridgehead atoms. The molecule has 0 saturated heterocycles. The van der Waals surface area contributed by atoms with E-state index in [4.69, 9.17) is 0 Å². The topological polar surface area (TPSA) is 73.8 Å². The molecule has 0 amide bonds. The maximum Gasteiger partial charge on any atom is 0.215 e. The standard InChI is InChI=1S/C20H34N4O2S/c1-16-5-7-18(8-6-16)14-24(4)20(21-2)23-13-17-9-11-19(12-10-17)15-27(25,26)22-3/h9-12,16,18,22H,5-8,13-15H2,1-4H3,(H,21,23). The Morgan fingerprint density at radius 3 is 2.30 bits per heavy atom. The van der Waals surface area contributed by atoms with Crippen molar-refractivity contribution in [3.05, 3.63) is 35.4 Å². The molecule has 0 atom stereocenters. The van der Waals surface area contributed by atoms with Crippen molar-refractivity contribution >= 4 is 16.0 Å². The Morgan fingerprint density at radius 1 is 1.15 bits per heavy atom. The van der Waals surface area contributed by atoms with Gasteiger partial charge >= 0.3 is 0 Å². The summed E-state index contributed by atoms with van der Waals surface area (Å²) in [5, 5.41) is 3.41. The van der Waals surface area contributed by atoms with Gasteiger partial charge in [0.25, 0.3) is 0 Å². The molecule has 0 aliphatic heterocycles. The summed E-state index contributed by atoms with van der Waals surface area (Å²) in [4.78, 5) is 6.62. The van der Waals surface area contributed by atoms with E-state index in [-0.39, 0.29) is 5.75 Å². The highest BCUT2D eigenvalue weighted by molar-refractivity contribution is 7.88. The third kappa shape index (κ3) is 7.14. The van der Waals surface area contributed by atoms with Crippen LogP contribution in [0.15, 0.2) is 29.3 Å². The summed E-state index contributed by atoms with van der Waals surface area (Å²) in [5.74, 6) is 2.52. The first-order valence-corrected chi connectivity index (χ1v) is 11.4. The average molecular weight is 395 g/mol. The first-order valence-electron chi connectivity index (χ1n) is 9.73. The Balaban J connectivity index is 1.84. The fourth-order valence-electron chi connectivity index (χ4n) is 3.60. The lowest BCUT2D eigenvalue weighted by Gasteiger charge is -2.31. The highest BCUT2D eigenvalue weighted by atomic mass is 32.2. The predicted molar refractivity (Wildman–Crippen MR) is 112 cm³/mol. The maximum absolute atomic E-state index is 11.6. The minimum absolute atomic E-state index is 0.00161. The predicted octanol–water partition coefficient (Wildman–Crippen LogP) is 2.57. The van der Waals surface area contributed by atoms with Gasteiger partial charge in [0.05, 0.1) is 5.75 Å². The van der Waals surface area contributed by atoms with E-state index >= 15 is 0 Å². The first-order chi connectivity index (χ1) is 12.8. The van der Waals surface area contributed by atoms with Crippen LogP contribution in [0.1, 0.15) is 43.7 Å². The number of hydrogen-bond acceptors (Lipinski definition) is 3. The maximum atomic E-state index is 11.6.